The van der Waals surface area contributed by atoms with Gasteiger partial charge < -0.3 is 9.73 Å². The van der Waals surface area contributed by atoms with Crippen LogP contribution in [0.25, 0.3) is 11.1 Å². The first-order chi connectivity index (χ1) is 9.33. The second-order valence-electron chi connectivity index (χ2n) is 4.59. The van der Waals surface area contributed by atoms with E-state index in [1.54, 1.807) is 0 Å². The fourth-order valence-electron chi connectivity index (χ4n) is 2.14. The van der Waals surface area contributed by atoms with Crippen LogP contribution in [0.4, 0.5) is 6.01 Å². The maximum absolute atomic E-state index is 5.61. The standard InChI is InChI=1S/C16H16N2O/c1-12-6-2-3-7-13(12)10-11-17-16-18-14-8-4-5-9-15(14)19-16/h2-9H,10-11H2,1H3,(H,17,18). The van der Waals surface area contributed by atoms with Crippen molar-refractivity contribution in [2.24, 2.45) is 0 Å². The summed E-state index contributed by atoms with van der Waals surface area (Å²) in [4.78, 5) is 4.39. The molecule has 0 atom stereocenters. The van der Waals surface area contributed by atoms with E-state index in [2.05, 4.69) is 41.5 Å². The molecule has 3 aromatic rings. The number of nitrogens with zero attached hydrogens (tertiary/aromatic N) is 1. The smallest absolute Gasteiger partial charge is 0.295 e. The van der Waals surface area contributed by atoms with Crippen molar-refractivity contribution in [3.8, 4) is 0 Å². The number of aryl methyl sites for hydroxylation is 1. The van der Waals surface area contributed by atoms with Gasteiger partial charge in [0, 0.05) is 6.54 Å². The van der Waals surface area contributed by atoms with E-state index >= 15 is 0 Å². The lowest BCUT2D eigenvalue weighted by molar-refractivity contribution is 0.614. The molecular formula is C16H16N2O. The van der Waals surface area contributed by atoms with Gasteiger partial charge in [0.2, 0.25) is 0 Å². The predicted octanol–water partition coefficient (Wildman–Crippen LogP) is 3.79. The summed E-state index contributed by atoms with van der Waals surface area (Å²) < 4.78 is 5.61. The first-order valence-electron chi connectivity index (χ1n) is 6.47. The fraction of sp³-hybridized carbons (Fsp3) is 0.188. The maximum Gasteiger partial charge on any atom is 0.295 e. The molecule has 0 bridgehead atoms. The predicted molar refractivity (Wildman–Crippen MR) is 77.4 cm³/mol. The average molecular weight is 252 g/mol. The molecule has 0 aliphatic rings. The van der Waals surface area contributed by atoms with Gasteiger partial charge in [-0.25, -0.2) is 0 Å². The molecule has 0 aliphatic heterocycles. The molecule has 1 aromatic heterocycles. The van der Waals surface area contributed by atoms with Gasteiger partial charge in [0.05, 0.1) is 0 Å². The lowest BCUT2D eigenvalue weighted by atomic mass is 10.1. The molecule has 0 unspecified atom stereocenters. The zero-order valence-corrected chi connectivity index (χ0v) is 10.9. The number of benzene rings is 2. The van der Waals surface area contributed by atoms with Crippen LogP contribution in [0.5, 0.6) is 0 Å². The van der Waals surface area contributed by atoms with Gasteiger partial charge in [0.1, 0.15) is 5.52 Å². The van der Waals surface area contributed by atoms with Crippen LogP contribution in [0, 0.1) is 6.92 Å². The van der Waals surface area contributed by atoms with E-state index in [-0.39, 0.29) is 0 Å². The molecular weight excluding hydrogens is 236 g/mol. The number of aromatic nitrogens is 1. The third kappa shape index (κ3) is 2.60. The Balaban J connectivity index is 1.65. The normalized spacial score (nSPS) is 10.8. The van der Waals surface area contributed by atoms with Crippen molar-refractivity contribution in [2.75, 3.05) is 11.9 Å². The highest BCUT2D eigenvalue weighted by atomic mass is 16.4. The molecule has 0 spiro atoms. The van der Waals surface area contributed by atoms with Crippen LogP contribution in [-0.4, -0.2) is 11.5 Å². The summed E-state index contributed by atoms with van der Waals surface area (Å²) in [5.41, 5.74) is 4.38. The minimum absolute atomic E-state index is 0.592. The van der Waals surface area contributed by atoms with Gasteiger partial charge >= 0.3 is 0 Å². The molecule has 0 amide bonds. The lowest BCUT2D eigenvalue weighted by Crippen LogP contribution is -2.05. The highest BCUT2D eigenvalue weighted by Crippen LogP contribution is 2.18. The molecule has 1 heterocycles. The zero-order chi connectivity index (χ0) is 13.1. The van der Waals surface area contributed by atoms with E-state index in [1.165, 1.54) is 11.1 Å². The van der Waals surface area contributed by atoms with Crippen molar-refractivity contribution < 1.29 is 4.42 Å². The molecule has 3 nitrogen and oxygen atoms in total. The zero-order valence-electron chi connectivity index (χ0n) is 10.9. The second-order valence-corrected chi connectivity index (χ2v) is 4.59. The Morgan fingerprint density at radius 1 is 1.05 bits per heavy atom. The molecule has 3 heteroatoms. The molecule has 0 fully saturated rings. The van der Waals surface area contributed by atoms with Gasteiger partial charge in [0.25, 0.3) is 6.01 Å². The number of hydrogen-bond acceptors (Lipinski definition) is 3. The van der Waals surface area contributed by atoms with Crippen LogP contribution in [0.3, 0.4) is 0 Å². The summed E-state index contributed by atoms with van der Waals surface area (Å²) in [7, 11) is 0. The summed E-state index contributed by atoms with van der Waals surface area (Å²) in [6, 6.07) is 16.8. The van der Waals surface area contributed by atoms with Crippen molar-refractivity contribution in [1.29, 1.82) is 0 Å². The van der Waals surface area contributed by atoms with Gasteiger partial charge in [-0.2, -0.15) is 4.98 Å². The lowest BCUT2D eigenvalue weighted by Gasteiger charge is -2.05. The van der Waals surface area contributed by atoms with E-state index in [4.69, 9.17) is 4.42 Å². The summed E-state index contributed by atoms with van der Waals surface area (Å²) in [5.74, 6) is 0. The van der Waals surface area contributed by atoms with Crippen molar-refractivity contribution in [3.63, 3.8) is 0 Å². The minimum atomic E-state index is 0.592. The highest BCUT2D eigenvalue weighted by Gasteiger charge is 2.04. The van der Waals surface area contributed by atoms with Crippen LogP contribution in [0.15, 0.2) is 52.9 Å². The Hall–Kier alpha value is -2.29. The van der Waals surface area contributed by atoms with Gasteiger partial charge in [-0.15, -0.1) is 0 Å². The summed E-state index contributed by atoms with van der Waals surface area (Å²) >= 11 is 0. The number of oxazole rings is 1. The summed E-state index contributed by atoms with van der Waals surface area (Å²) in [5, 5.41) is 3.23. The molecule has 96 valence electrons. The number of para-hydroxylation sites is 2. The topological polar surface area (TPSA) is 38.1 Å². The van der Waals surface area contributed by atoms with Crippen LogP contribution < -0.4 is 5.32 Å². The molecule has 0 saturated heterocycles. The van der Waals surface area contributed by atoms with E-state index in [9.17, 15) is 0 Å². The molecule has 0 radical (unpaired) electrons. The average Bonchev–Trinajstić information content (AvgIpc) is 2.83. The maximum atomic E-state index is 5.61. The molecule has 19 heavy (non-hydrogen) atoms. The van der Waals surface area contributed by atoms with Gasteiger partial charge in [-0.3, -0.25) is 0 Å². The van der Waals surface area contributed by atoms with Crippen LogP contribution in [0.1, 0.15) is 11.1 Å². The van der Waals surface area contributed by atoms with Crippen LogP contribution in [-0.2, 0) is 6.42 Å². The van der Waals surface area contributed by atoms with E-state index in [0.29, 0.717) is 6.01 Å². The van der Waals surface area contributed by atoms with E-state index < -0.39 is 0 Å². The first kappa shape index (κ1) is 11.8. The molecule has 3 rings (SSSR count). The van der Waals surface area contributed by atoms with Crippen molar-refractivity contribution >= 4 is 17.1 Å². The Labute approximate surface area is 112 Å². The van der Waals surface area contributed by atoms with Crippen LogP contribution >= 0.6 is 0 Å². The Kier molecular flexibility index (Phi) is 3.19. The quantitative estimate of drug-likeness (QED) is 0.767. The minimum Gasteiger partial charge on any atom is -0.424 e. The summed E-state index contributed by atoms with van der Waals surface area (Å²) in [6.07, 6.45) is 0.964. The van der Waals surface area contributed by atoms with Gasteiger partial charge in [-0.05, 0) is 36.6 Å². The number of nitrogens with one attached hydrogen (secondary N) is 1. The van der Waals surface area contributed by atoms with Crippen LogP contribution in [0.2, 0.25) is 0 Å². The Morgan fingerprint density at radius 2 is 1.84 bits per heavy atom. The number of hydrogen-bond donors (Lipinski definition) is 1. The third-order valence-corrected chi connectivity index (χ3v) is 3.23. The second kappa shape index (κ2) is 5.14. The molecule has 1 N–H and O–H groups in total. The number of rotatable bonds is 4. The monoisotopic (exact) mass is 252 g/mol. The van der Waals surface area contributed by atoms with Gasteiger partial charge in [0.15, 0.2) is 5.58 Å². The molecule has 2 aromatic carbocycles. The van der Waals surface area contributed by atoms with Crippen molar-refractivity contribution in [3.05, 3.63) is 59.7 Å². The van der Waals surface area contributed by atoms with Crippen molar-refractivity contribution in [2.45, 2.75) is 13.3 Å². The van der Waals surface area contributed by atoms with Gasteiger partial charge in [-0.1, -0.05) is 36.4 Å². The van der Waals surface area contributed by atoms with Crippen molar-refractivity contribution in [1.82, 2.24) is 4.98 Å². The molecule has 0 saturated carbocycles. The largest absolute Gasteiger partial charge is 0.424 e. The summed E-state index contributed by atoms with van der Waals surface area (Å²) in [6.45, 7) is 2.95. The number of fused-ring (bicyclic) bond motifs is 1. The highest BCUT2D eigenvalue weighted by molar-refractivity contribution is 5.74. The Bertz CT molecular complexity index is 655. The molecule has 0 aliphatic carbocycles. The van der Waals surface area contributed by atoms with E-state index in [0.717, 1.165) is 24.1 Å². The SMILES string of the molecule is Cc1ccccc1CCNc1nc2ccccc2o1. The third-order valence-electron chi connectivity index (χ3n) is 3.23. The number of anilines is 1. The fourth-order valence-corrected chi connectivity index (χ4v) is 2.14. The van der Waals surface area contributed by atoms with E-state index in [1.807, 2.05) is 24.3 Å². The Morgan fingerprint density at radius 3 is 2.68 bits per heavy atom. The first-order valence-corrected chi connectivity index (χ1v) is 6.47.